The number of nitrogens with one attached hydrogen (secondary N) is 2. The number of amides is 3. The monoisotopic (exact) mass is 295 g/mol. The highest BCUT2D eigenvalue weighted by Crippen LogP contribution is 2.23. The van der Waals surface area contributed by atoms with Crippen LogP contribution in [0.5, 0.6) is 11.5 Å². The molecular weight excluding hydrogens is 274 g/mol. The van der Waals surface area contributed by atoms with Crippen molar-refractivity contribution < 1.29 is 19.1 Å². The molecule has 0 radical (unpaired) electrons. The first kappa shape index (κ1) is 16.8. The second-order valence-corrected chi connectivity index (χ2v) is 4.33. The van der Waals surface area contributed by atoms with Crippen LogP contribution >= 0.6 is 0 Å². The Hall–Kier alpha value is -2.28. The molecular formula is C14H21N3O4. The van der Waals surface area contributed by atoms with Crippen LogP contribution in [-0.2, 0) is 11.3 Å². The van der Waals surface area contributed by atoms with Gasteiger partial charge in [-0.05, 0) is 31.5 Å². The molecule has 1 aromatic rings. The van der Waals surface area contributed by atoms with Gasteiger partial charge in [-0.25, -0.2) is 4.79 Å². The van der Waals surface area contributed by atoms with E-state index in [4.69, 9.17) is 15.2 Å². The van der Waals surface area contributed by atoms with Gasteiger partial charge in [0.2, 0.25) is 0 Å². The number of benzene rings is 1. The van der Waals surface area contributed by atoms with Gasteiger partial charge in [0.1, 0.15) is 11.5 Å². The normalized spacial score (nSPS) is 11.4. The van der Waals surface area contributed by atoms with Crippen molar-refractivity contribution in [1.29, 1.82) is 0 Å². The molecule has 0 bridgehead atoms. The van der Waals surface area contributed by atoms with Crippen LogP contribution in [0.4, 0.5) is 4.79 Å². The standard InChI is InChI=1S/C14H21N3O4/c1-4-16-14(19)17-13(18)9(2)21-12-6-10(8-15)5-11(7-12)20-3/h5-7,9H,4,8,15H2,1-3H3,(H2,16,17,18,19). The van der Waals surface area contributed by atoms with Crippen LogP contribution < -0.4 is 25.8 Å². The van der Waals surface area contributed by atoms with Gasteiger partial charge < -0.3 is 20.5 Å². The van der Waals surface area contributed by atoms with Crippen molar-refractivity contribution in [2.45, 2.75) is 26.5 Å². The Kier molecular flexibility index (Phi) is 6.48. The van der Waals surface area contributed by atoms with Gasteiger partial charge >= 0.3 is 6.03 Å². The molecule has 0 spiro atoms. The lowest BCUT2D eigenvalue weighted by atomic mass is 10.2. The molecule has 1 unspecified atom stereocenters. The molecule has 0 aliphatic rings. The molecule has 7 nitrogen and oxygen atoms in total. The highest BCUT2D eigenvalue weighted by Gasteiger charge is 2.17. The molecule has 0 aliphatic heterocycles. The zero-order valence-electron chi connectivity index (χ0n) is 12.4. The van der Waals surface area contributed by atoms with Crippen molar-refractivity contribution >= 4 is 11.9 Å². The van der Waals surface area contributed by atoms with Crippen molar-refractivity contribution in [1.82, 2.24) is 10.6 Å². The van der Waals surface area contributed by atoms with E-state index < -0.39 is 18.0 Å². The molecule has 0 saturated carbocycles. The molecule has 1 aromatic carbocycles. The van der Waals surface area contributed by atoms with Gasteiger partial charge in [-0.2, -0.15) is 0 Å². The van der Waals surface area contributed by atoms with Gasteiger partial charge in [0.15, 0.2) is 6.10 Å². The van der Waals surface area contributed by atoms with E-state index in [1.807, 2.05) is 0 Å². The van der Waals surface area contributed by atoms with E-state index in [9.17, 15) is 9.59 Å². The molecule has 21 heavy (non-hydrogen) atoms. The van der Waals surface area contributed by atoms with Gasteiger partial charge in [0.05, 0.1) is 7.11 Å². The van der Waals surface area contributed by atoms with Crippen LogP contribution in [0.3, 0.4) is 0 Å². The molecule has 0 aromatic heterocycles. The largest absolute Gasteiger partial charge is 0.497 e. The first-order chi connectivity index (χ1) is 9.99. The van der Waals surface area contributed by atoms with Gasteiger partial charge in [0.25, 0.3) is 5.91 Å². The van der Waals surface area contributed by atoms with E-state index in [1.54, 1.807) is 32.0 Å². The van der Waals surface area contributed by atoms with E-state index in [-0.39, 0.29) is 0 Å². The average Bonchev–Trinajstić information content (AvgIpc) is 2.46. The third-order valence-electron chi connectivity index (χ3n) is 2.67. The number of methoxy groups -OCH3 is 1. The van der Waals surface area contributed by atoms with E-state index >= 15 is 0 Å². The second-order valence-electron chi connectivity index (χ2n) is 4.33. The van der Waals surface area contributed by atoms with Crippen LogP contribution in [-0.4, -0.2) is 31.7 Å². The number of hydrogen-bond acceptors (Lipinski definition) is 5. The number of urea groups is 1. The zero-order valence-corrected chi connectivity index (χ0v) is 12.4. The summed E-state index contributed by atoms with van der Waals surface area (Å²) in [5.41, 5.74) is 6.41. The molecule has 1 atom stereocenters. The number of ether oxygens (including phenoxy) is 2. The maximum Gasteiger partial charge on any atom is 0.321 e. The van der Waals surface area contributed by atoms with Gasteiger partial charge in [-0.3, -0.25) is 10.1 Å². The SMILES string of the molecule is CCNC(=O)NC(=O)C(C)Oc1cc(CN)cc(OC)c1. The summed E-state index contributed by atoms with van der Waals surface area (Å²) < 4.78 is 10.6. The number of hydrogen-bond donors (Lipinski definition) is 3. The Morgan fingerprint density at radius 2 is 1.95 bits per heavy atom. The summed E-state index contributed by atoms with van der Waals surface area (Å²) in [7, 11) is 1.53. The van der Waals surface area contributed by atoms with Gasteiger partial charge in [0, 0.05) is 19.2 Å². The first-order valence-corrected chi connectivity index (χ1v) is 6.63. The summed E-state index contributed by atoms with van der Waals surface area (Å²) in [4.78, 5) is 23.1. The lowest BCUT2D eigenvalue weighted by molar-refractivity contribution is -0.126. The Balaban J connectivity index is 2.71. The lowest BCUT2D eigenvalue weighted by Crippen LogP contribution is -2.45. The second kappa shape index (κ2) is 8.11. The van der Waals surface area contributed by atoms with Gasteiger partial charge in [-0.1, -0.05) is 0 Å². The maximum absolute atomic E-state index is 11.8. The number of carbonyl (C=O) groups excluding carboxylic acids is 2. The number of imide groups is 1. The predicted octanol–water partition coefficient (Wildman–Crippen LogP) is 0.767. The molecule has 0 fully saturated rings. The Bertz CT molecular complexity index is 483. The predicted molar refractivity (Wildman–Crippen MR) is 78.2 cm³/mol. The summed E-state index contributed by atoms with van der Waals surface area (Å²) in [6, 6.07) is 4.60. The smallest absolute Gasteiger partial charge is 0.321 e. The lowest BCUT2D eigenvalue weighted by Gasteiger charge is -2.15. The Labute approximate surface area is 123 Å². The van der Waals surface area contributed by atoms with E-state index in [0.29, 0.717) is 24.6 Å². The van der Waals surface area contributed by atoms with Crippen LogP contribution in [0.1, 0.15) is 19.4 Å². The minimum absolute atomic E-state index is 0.326. The molecule has 0 heterocycles. The Morgan fingerprint density at radius 3 is 2.52 bits per heavy atom. The number of carbonyl (C=O) groups is 2. The van der Waals surface area contributed by atoms with Crippen LogP contribution in [0.2, 0.25) is 0 Å². The van der Waals surface area contributed by atoms with Gasteiger partial charge in [-0.15, -0.1) is 0 Å². The minimum atomic E-state index is -0.828. The van der Waals surface area contributed by atoms with E-state index in [1.165, 1.54) is 7.11 Å². The third-order valence-corrected chi connectivity index (χ3v) is 2.67. The molecule has 116 valence electrons. The topological polar surface area (TPSA) is 103 Å². The number of nitrogens with two attached hydrogens (primary N) is 1. The van der Waals surface area contributed by atoms with Crippen molar-refractivity contribution in [2.75, 3.05) is 13.7 Å². The summed E-state index contributed by atoms with van der Waals surface area (Å²) in [6.45, 7) is 4.07. The van der Waals surface area contributed by atoms with Crippen molar-refractivity contribution in [3.63, 3.8) is 0 Å². The van der Waals surface area contributed by atoms with Crippen molar-refractivity contribution in [3.05, 3.63) is 23.8 Å². The van der Waals surface area contributed by atoms with Crippen LogP contribution in [0.25, 0.3) is 0 Å². The summed E-state index contributed by atoms with van der Waals surface area (Å²) in [5, 5.41) is 4.66. The molecule has 3 amide bonds. The average molecular weight is 295 g/mol. The highest BCUT2D eigenvalue weighted by molar-refractivity contribution is 5.96. The third kappa shape index (κ3) is 5.31. The van der Waals surface area contributed by atoms with Crippen LogP contribution in [0, 0.1) is 0 Å². The highest BCUT2D eigenvalue weighted by atomic mass is 16.5. The maximum atomic E-state index is 11.8. The Morgan fingerprint density at radius 1 is 1.29 bits per heavy atom. The van der Waals surface area contributed by atoms with Crippen LogP contribution in [0.15, 0.2) is 18.2 Å². The fourth-order valence-electron chi connectivity index (χ4n) is 1.61. The number of rotatable bonds is 6. The molecule has 4 N–H and O–H groups in total. The first-order valence-electron chi connectivity index (χ1n) is 6.63. The summed E-state index contributed by atoms with van der Waals surface area (Å²) in [5.74, 6) is 0.510. The fraction of sp³-hybridized carbons (Fsp3) is 0.429. The fourth-order valence-corrected chi connectivity index (χ4v) is 1.61. The quantitative estimate of drug-likeness (QED) is 0.719. The van der Waals surface area contributed by atoms with E-state index in [0.717, 1.165) is 5.56 Å². The van der Waals surface area contributed by atoms with Crippen molar-refractivity contribution in [3.8, 4) is 11.5 Å². The molecule has 0 saturated heterocycles. The molecule has 7 heteroatoms. The van der Waals surface area contributed by atoms with E-state index in [2.05, 4.69) is 10.6 Å². The summed E-state index contributed by atoms with van der Waals surface area (Å²) in [6.07, 6.45) is -0.828. The minimum Gasteiger partial charge on any atom is -0.497 e. The summed E-state index contributed by atoms with van der Waals surface area (Å²) >= 11 is 0. The van der Waals surface area contributed by atoms with Crippen molar-refractivity contribution in [2.24, 2.45) is 5.73 Å². The molecule has 1 rings (SSSR count). The molecule has 0 aliphatic carbocycles. The zero-order chi connectivity index (χ0) is 15.8.